The lowest BCUT2D eigenvalue weighted by Crippen LogP contribution is -2.54. The van der Waals surface area contributed by atoms with E-state index in [1.165, 1.54) is 32.1 Å². The minimum absolute atomic E-state index is 0.0468. The van der Waals surface area contributed by atoms with Crippen molar-refractivity contribution in [3.8, 4) is 0 Å². The van der Waals surface area contributed by atoms with Crippen LogP contribution in [0.15, 0.2) is 18.2 Å². The molecule has 1 heterocycles. The van der Waals surface area contributed by atoms with Crippen molar-refractivity contribution >= 4 is 29.1 Å². The lowest BCUT2D eigenvalue weighted by molar-refractivity contribution is -0.135. The molecule has 25 heavy (non-hydrogen) atoms. The second-order valence-electron chi connectivity index (χ2n) is 7.26. The van der Waals surface area contributed by atoms with Crippen LogP contribution in [0.4, 0.5) is 0 Å². The van der Waals surface area contributed by atoms with Crippen LogP contribution in [0.3, 0.4) is 0 Å². The van der Waals surface area contributed by atoms with E-state index in [0.717, 1.165) is 19.5 Å². The zero-order valence-corrected chi connectivity index (χ0v) is 16.3. The summed E-state index contributed by atoms with van der Waals surface area (Å²) in [6.45, 7) is 2.31. The number of nitrogens with zero attached hydrogens (tertiary/aromatic N) is 2. The van der Waals surface area contributed by atoms with Gasteiger partial charge in [0.15, 0.2) is 0 Å². The summed E-state index contributed by atoms with van der Waals surface area (Å²) in [4.78, 5) is 17.5. The third-order valence-electron chi connectivity index (χ3n) is 5.72. The molecule has 1 amide bonds. The van der Waals surface area contributed by atoms with Crippen LogP contribution >= 0.6 is 23.2 Å². The second kappa shape index (κ2) is 8.26. The van der Waals surface area contributed by atoms with Gasteiger partial charge in [-0.3, -0.25) is 9.69 Å². The lowest BCUT2D eigenvalue weighted by Gasteiger charge is -2.43. The summed E-state index contributed by atoms with van der Waals surface area (Å²) in [7, 11) is 1.90. The van der Waals surface area contributed by atoms with Gasteiger partial charge in [-0.1, -0.05) is 42.1 Å². The van der Waals surface area contributed by atoms with E-state index in [1.54, 1.807) is 18.2 Å². The normalized spacial score (nSPS) is 25.8. The number of likely N-dealkylation sites (N-methyl/N-ethyl adjacent to an activating group) is 1. The number of rotatable bonds is 4. The van der Waals surface area contributed by atoms with Gasteiger partial charge in [0.2, 0.25) is 5.91 Å². The summed E-state index contributed by atoms with van der Waals surface area (Å²) in [6, 6.07) is 5.17. The lowest BCUT2D eigenvalue weighted by atomic mass is 9.88. The first kappa shape index (κ1) is 19.0. The minimum atomic E-state index is -0.707. The van der Waals surface area contributed by atoms with Gasteiger partial charge < -0.3 is 10.6 Å². The Hall–Kier alpha value is -0.810. The van der Waals surface area contributed by atoms with Gasteiger partial charge in [-0.05, 0) is 56.5 Å². The van der Waals surface area contributed by atoms with E-state index >= 15 is 0 Å². The van der Waals surface area contributed by atoms with Crippen molar-refractivity contribution < 1.29 is 4.79 Å². The maximum atomic E-state index is 13.0. The molecular weight excluding hydrogens is 357 g/mol. The maximum Gasteiger partial charge on any atom is 0.244 e. The first-order valence-corrected chi connectivity index (χ1v) is 9.96. The molecule has 0 radical (unpaired) electrons. The first-order chi connectivity index (χ1) is 12.0. The number of amides is 1. The molecule has 0 bridgehead atoms. The quantitative estimate of drug-likeness (QED) is 0.858. The number of benzene rings is 1. The van der Waals surface area contributed by atoms with Crippen LogP contribution in [0.5, 0.6) is 0 Å². The molecule has 1 aromatic carbocycles. The summed E-state index contributed by atoms with van der Waals surface area (Å²) >= 11 is 12.0. The Balaban J connectivity index is 1.74. The van der Waals surface area contributed by atoms with Crippen LogP contribution in [0.2, 0.25) is 10.0 Å². The second-order valence-corrected chi connectivity index (χ2v) is 8.08. The van der Waals surface area contributed by atoms with Crippen LogP contribution in [0, 0.1) is 0 Å². The molecule has 2 N–H and O–H groups in total. The van der Waals surface area contributed by atoms with E-state index in [4.69, 9.17) is 28.9 Å². The van der Waals surface area contributed by atoms with Gasteiger partial charge in [-0.2, -0.15) is 0 Å². The molecule has 6 heteroatoms. The van der Waals surface area contributed by atoms with Crippen molar-refractivity contribution in [1.29, 1.82) is 0 Å². The number of hydrogen-bond acceptors (Lipinski definition) is 3. The topological polar surface area (TPSA) is 49.6 Å². The highest BCUT2D eigenvalue weighted by molar-refractivity contribution is 6.42. The monoisotopic (exact) mass is 383 g/mol. The van der Waals surface area contributed by atoms with E-state index in [1.807, 2.05) is 11.9 Å². The van der Waals surface area contributed by atoms with Crippen LogP contribution < -0.4 is 5.73 Å². The van der Waals surface area contributed by atoms with E-state index in [0.29, 0.717) is 21.7 Å². The molecule has 0 spiro atoms. The highest BCUT2D eigenvalue weighted by Crippen LogP contribution is 2.31. The van der Waals surface area contributed by atoms with Gasteiger partial charge in [-0.25, -0.2) is 0 Å². The average Bonchev–Trinajstić information content (AvgIpc) is 3.16. The summed E-state index contributed by atoms with van der Waals surface area (Å²) in [5.41, 5.74) is 6.97. The van der Waals surface area contributed by atoms with Gasteiger partial charge >= 0.3 is 0 Å². The molecule has 2 fully saturated rings. The van der Waals surface area contributed by atoms with Gasteiger partial charge in [0, 0.05) is 19.1 Å². The fraction of sp³-hybridized carbons (Fsp3) is 0.632. The van der Waals surface area contributed by atoms with Crippen molar-refractivity contribution in [2.45, 2.75) is 56.7 Å². The molecule has 1 saturated carbocycles. The molecule has 138 valence electrons. The number of likely N-dealkylation sites (tertiary alicyclic amines) is 1. The standard InChI is InChI=1S/C19H27Cl2N3O/c1-23(16-6-2-3-7-17(16)24-10-4-5-11-24)19(25)18(22)13-8-9-14(20)15(21)12-13/h8-9,12,16-18H,2-7,10-11,22H2,1H3. The van der Waals surface area contributed by atoms with Crippen molar-refractivity contribution in [2.75, 3.05) is 20.1 Å². The smallest absolute Gasteiger partial charge is 0.244 e. The SMILES string of the molecule is CN(C(=O)C(N)c1ccc(Cl)c(Cl)c1)C1CCCCC1N1CCCC1. The first-order valence-electron chi connectivity index (χ1n) is 9.20. The third-order valence-corrected chi connectivity index (χ3v) is 6.46. The van der Waals surface area contributed by atoms with Gasteiger partial charge in [0.1, 0.15) is 6.04 Å². The van der Waals surface area contributed by atoms with Crippen LogP contribution in [-0.4, -0.2) is 47.9 Å². The van der Waals surface area contributed by atoms with Gasteiger partial charge in [0.05, 0.1) is 10.0 Å². The Morgan fingerprint density at radius 3 is 2.52 bits per heavy atom. The zero-order valence-electron chi connectivity index (χ0n) is 14.8. The largest absolute Gasteiger partial charge is 0.340 e. The maximum absolute atomic E-state index is 13.0. The molecule has 1 aliphatic heterocycles. The predicted octanol–water partition coefficient (Wildman–Crippen LogP) is 3.86. The van der Waals surface area contributed by atoms with Crippen molar-refractivity contribution in [2.24, 2.45) is 5.73 Å². The fourth-order valence-electron chi connectivity index (χ4n) is 4.27. The van der Waals surface area contributed by atoms with Crippen molar-refractivity contribution in [3.63, 3.8) is 0 Å². The van der Waals surface area contributed by atoms with Crippen LogP contribution in [0.25, 0.3) is 0 Å². The van der Waals surface area contributed by atoms with Crippen molar-refractivity contribution in [1.82, 2.24) is 9.80 Å². The van der Waals surface area contributed by atoms with Crippen LogP contribution in [0.1, 0.15) is 50.1 Å². The Bertz CT molecular complexity index is 619. The Morgan fingerprint density at radius 1 is 1.16 bits per heavy atom. The molecule has 1 aliphatic carbocycles. The van der Waals surface area contributed by atoms with E-state index in [-0.39, 0.29) is 11.9 Å². The molecule has 0 aromatic heterocycles. The molecule has 1 saturated heterocycles. The number of carbonyl (C=O) groups excluding carboxylic acids is 1. The Labute approximate surface area is 160 Å². The molecule has 3 rings (SSSR count). The number of nitrogens with two attached hydrogens (primary N) is 1. The molecule has 3 unspecified atom stereocenters. The molecule has 4 nitrogen and oxygen atoms in total. The Kier molecular flexibility index (Phi) is 6.26. The molecule has 1 aromatic rings. The summed E-state index contributed by atoms with van der Waals surface area (Å²) in [5, 5.41) is 0.900. The summed E-state index contributed by atoms with van der Waals surface area (Å²) < 4.78 is 0. The zero-order chi connectivity index (χ0) is 18.0. The summed E-state index contributed by atoms with van der Waals surface area (Å²) in [6.07, 6.45) is 7.18. The fourth-order valence-corrected chi connectivity index (χ4v) is 4.58. The Morgan fingerprint density at radius 2 is 1.84 bits per heavy atom. The highest BCUT2D eigenvalue weighted by Gasteiger charge is 2.36. The number of carbonyl (C=O) groups is 1. The average molecular weight is 384 g/mol. The highest BCUT2D eigenvalue weighted by atomic mass is 35.5. The summed E-state index contributed by atoms with van der Waals surface area (Å²) in [5.74, 6) is -0.0468. The predicted molar refractivity (Wildman–Crippen MR) is 103 cm³/mol. The van der Waals surface area contributed by atoms with Crippen molar-refractivity contribution in [3.05, 3.63) is 33.8 Å². The van der Waals surface area contributed by atoms with E-state index < -0.39 is 6.04 Å². The van der Waals surface area contributed by atoms with Gasteiger partial charge in [-0.15, -0.1) is 0 Å². The molecule has 3 atom stereocenters. The van der Waals surface area contributed by atoms with E-state index in [2.05, 4.69) is 4.90 Å². The van der Waals surface area contributed by atoms with Crippen LogP contribution in [-0.2, 0) is 4.79 Å². The number of halogens is 2. The number of hydrogen-bond donors (Lipinski definition) is 1. The third kappa shape index (κ3) is 4.13. The molecular formula is C19H27Cl2N3O. The minimum Gasteiger partial charge on any atom is -0.340 e. The molecule has 2 aliphatic rings. The van der Waals surface area contributed by atoms with E-state index in [9.17, 15) is 4.79 Å². The van der Waals surface area contributed by atoms with Gasteiger partial charge in [0.25, 0.3) is 0 Å².